The molecule has 0 atom stereocenters. The van der Waals surface area contributed by atoms with Crippen LogP contribution in [0.2, 0.25) is 0 Å². The number of H-pyrrole nitrogens is 1. The number of nitrogens with zero attached hydrogens (tertiary/aromatic N) is 1. The van der Waals surface area contributed by atoms with Crippen LogP contribution in [0.15, 0.2) is 29.1 Å². The van der Waals surface area contributed by atoms with Crippen LogP contribution in [0.3, 0.4) is 0 Å². The molecule has 0 spiro atoms. The zero-order valence-electron chi connectivity index (χ0n) is 5.13. The second-order valence-corrected chi connectivity index (χ2v) is 2.83. The van der Waals surface area contributed by atoms with E-state index in [1.807, 2.05) is 18.3 Å². The standard InChI is InChI=1S/C7H5BrN2/c8-7-5-2-1-3-9-6(5)4-10-7/h1-4,10H. The van der Waals surface area contributed by atoms with Gasteiger partial charge >= 0.3 is 0 Å². The van der Waals surface area contributed by atoms with Gasteiger partial charge in [0.1, 0.15) is 0 Å². The van der Waals surface area contributed by atoms with Gasteiger partial charge in [0.25, 0.3) is 0 Å². The summed E-state index contributed by atoms with van der Waals surface area (Å²) >= 11 is 3.37. The first-order valence-corrected chi connectivity index (χ1v) is 3.75. The summed E-state index contributed by atoms with van der Waals surface area (Å²) in [7, 11) is 0. The predicted octanol–water partition coefficient (Wildman–Crippen LogP) is 2.33. The van der Waals surface area contributed by atoms with E-state index in [0.29, 0.717) is 0 Å². The van der Waals surface area contributed by atoms with Crippen LogP contribution in [0.1, 0.15) is 0 Å². The lowest BCUT2D eigenvalue weighted by atomic mass is 10.3. The van der Waals surface area contributed by atoms with Gasteiger partial charge in [-0.15, -0.1) is 0 Å². The molecule has 0 radical (unpaired) electrons. The van der Waals surface area contributed by atoms with Crippen molar-refractivity contribution in [2.75, 3.05) is 0 Å². The molecule has 10 heavy (non-hydrogen) atoms. The maximum absolute atomic E-state index is 4.14. The lowest BCUT2D eigenvalue weighted by Gasteiger charge is -1.84. The molecule has 0 aliphatic carbocycles. The molecule has 3 heteroatoms. The number of nitrogens with one attached hydrogen (secondary N) is 1. The highest BCUT2D eigenvalue weighted by Gasteiger charge is 1.97. The Morgan fingerprint density at radius 2 is 2.40 bits per heavy atom. The summed E-state index contributed by atoms with van der Waals surface area (Å²) in [6.45, 7) is 0. The lowest BCUT2D eigenvalue weighted by molar-refractivity contribution is 1.36. The number of aromatic nitrogens is 2. The molecule has 0 bridgehead atoms. The fourth-order valence-electron chi connectivity index (χ4n) is 0.928. The van der Waals surface area contributed by atoms with Crippen molar-refractivity contribution in [2.45, 2.75) is 0 Å². The van der Waals surface area contributed by atoms with Crippen LogP contribution >= 0.6 is 15.9 Å². The minimum absolute atomic E-state index is 0.995. The summed E-state index contributed by atoms with van der Waals surface area (Å²) in [5, 5.41) is 1.13. The normalized spacial score (nSPS) is 10.5. The summed E-state index contributed by atoms with van der Waals surface area (Å²) < 4.78 is 0.996. The van der Waals surface area contributed by atoms with Gasteiger partial charge in [-0.05, 0) is 28.1 Å². The van der Waals surface area contributed by atoms with Crippen LogP contribution < -0.4 is 0 Å². The third kappa shape index (κ3) is 0.743. The SMILES string of the molecule is Brc1[nH]cc2ncccc12. The van der Waals surface area contributed by atoms with Gasteiger partial charge in [-0.3, -0.25) is 4.98 Å². The third-order valence-corrected chi connectivity index (χ3v) is 2.07. The van der Waals surface area contributed by atoms with Gasteiger partial charge in [-0.2, -0.15) is 0 Å². The summed E-state index contributed by atoms with van der Waals surface area (Å²) in [5.74, 6) is 0. The second-order valence-electron chi connectivity index (χ2n) is 2.04. The molecule has 0 saturated carbocycles. The van der Waals surface area contributed by atoms with Crippen LogP contribution in [0.4, 0.5) is 0 Å². The van der Waals surface area contributed by atoms with Crippen LogP contribution in [-0.2, 0) is 0 Å². The Balaban J connectivity index is 2.93. The Morgan fingerprint density at radius 3 is 3.20 bits per heavy atom. The van der Waals surface area contributed by atoms with E-state index in [2.05, 4.69) is 25.9 Å². The van der Waals surface area contributed by atoms with E-state index in [0.717, 1.165) is 15.5 Å². The number of halogens is 1. The van der Waals surface area contributed by atoms with Crippen molar-refractivity contribution in [2.24, 2.45) is 0 Å². The van der Waals surface area contributed by atoms with E-state index in [1.165, 1.54) is 0 Å². The summed E-state index contributed by atoms with van der Waals surface area (Å²) in [5.41, 5.74) is 0.995. The Hall–Kier alpha value is -0.830. The molecule has 0 unspecified atom stereocenters. The van der Waals surface area contributed by atoms with E-state index in [1.54, 1.807) is 6.20 Å². The van der Waals surface area contributed by atoms with E-state index in [4.69, 9.17) is 0 Å². The van der Waals surface area contributed by atoms with Crippen molar-refractivity contribution in [1.29, 1.82) is 0 Å². The van der Waals surface area contributed by atoms with Crippen molar-refractivity contribution in [1.82, 2.24) is 9.97 Å². The van der Waals surface area contributed by atoms with Gasteiger partial charge in [-0.25, -0.2) is 0 Å². The van der Waals surface area contributed by atoms with Gasteiger partial charge in [0.15, 0.2) is 0 Å². The smallest absolute Gasteiger partial charge is 0.0916 e. The zero-order chi connectivity index (χ0) is 6.97. The molecule has 0 aliphatic rings. The van der Waals surface area contributed by atoms with Crippen molar-refractivity contribution in [3.8, 4) is 0 Å². The van der Waals surface area contributed by atoms with Crippen LogP contribution in [0.5, 0.6) is 0 Å². The average molecular weight is 197 g/mol. The number of hydrogen-bond donors (Lipinski definition) is 1. The summed E-state index contributed by atoms with van der Waals surface area (Å²) in [4.78, 5) is 7.17. The molecule has 2 heterocycles. The Morgan fingerprint density at radius 1 is 1.50 bits per heavy atom. The van der Waals surface area contributed by atoms with Gasteiger partial charge in [-0.1, -0.05) is 0 Å². The maximum atomic E-state index is 4.14. The van der Waals surface area contributed by atoms with E-state index in [9.17, 15) is 0 Å². The fourth-order valence-corrected chi connectivity index (χ4v) is 1.38. The van der Waals surface area contributed by atoms with Crippen molar-refractivity contribution in [3.63, 3.8) is 0 Å². The fraction of sp³-hybridized carbons (Fsp3) is 0. The molecule has 0 fully saturated rings. The predicted molar refractivity (Wildman–Crippen MR) is 43.8 cm³/mol. The monoisotopic (exact) mass is 196 g/mol. The molecule has 1 N–H and O–H groups in total. The number of rotatable bonds is 0. The molecule has 0 aliphatic heterocycles. The molecular weight excluding hydrogens is 192 g/mol. The van der Waals surface area contributed by atoms with Gasteiger partial charge in [0.2, 0.25) is 0 Å². The first-order chi connectivity index (χ1) is 4.88. The molecule has 2 nitrogen and oxygen atoms in total. The van der Waals surface area contributed by atoms with E-state index < -0.39 is 0 Å². The molecule has 0 saturated heterocycles. The lowest BCUT2D eigenvalue weighted by Crippen LogP contribution is -1.68. The number of hydrogen-bond acceptors (Lipinski definition) is 1. The van der Waals surface area contributed by atoms with Crippen LogP contribution in [0, 0.1) is 0 Å². The van der Waals surface area contributed by atoms with Crippen molar-refractivity contribution < 1.29 is 0 Å². The first-order valence-electron chi connectivity index (χ1n) is 2.95. The molecule has 2 aromatic heterocycles. The largest absolute Gasteiger partial charge is 0.353 e. The first kappa shape index (κ1) is 5.92. The molecule has 2 aromatic rings. The molecule has 2 rings (SSSR count). The van der Waals surface area contributed by atoms with Crippen molar-refractivity contribution in [3.05, 3.63) is 29.1 Å². The number of aromatic amines is 1. The third-order valence-electron chi connectivity index (χ3n) is 1.41. The summed E-state index contributed by atoms with van der Waals surface area (Å²) in [6.07, 6.45) is 3.65. The van der Waals surface area contributed by atoms with Gasteiger partial charge in [0, 0.05) is 17.8 Å². The molecule has 50 valence electrons. The number of pyridine rings is 1. The average Bonchev–Trinajstić information content (AvgIpc) is 2.34. The highest BCUT2D eigenvalue weighted by Crippen LogP contribution is 2.19. The van der Waals surface area contributed by atoms with E-state index in [-0.39, 0.29) is 0 Å². The Labute approximate surface area is 66.4 Å². The van der Waals surface area contributed by atoms with Crippen LogP contribution in [-0.4, -0.2) is 9.97 Å². The Bertz CT molecular complexity index is 353. The molecular formula is C7H5BrN2. The minimum atomic E-state index is 0.995. The van der Waals surface area contributed by atoms with Gasteiger partial charge in [0.05, 0.1) is 10.1 Å². The molecule has 0 aromatic carbocycles. The quantitative estimate of drug-likeness (QED) is 0.689. The van der Waals surface area contributed by atoms with Crippen molar-refractivity contribution >= 4 is 26.8 Å². The van der Waals surface area contributed by atoms with Crippen LogP contribution in [0.25, 0.3) is 10.9 Å². The van der Waals surface area contributed by atoms with Gasteiger partial charge < -0.3 is 4.98 Å². The zero-order valence-corrected chi connectivity index (χ0v) is 6.72. The second kappa shape index (κ2) is 2.09. The van der Waals surface area contributed by atoms with E-state index >= 15 is 0 Å². The topological polar surface area (TPSA) is 28.7 Å². The Kier molecular flexibility index (Phi) is 1.24. The minimum Gasteiger partial charge on any atom is -0.353 e. The summed E-state index contributed by atoms with van der Waals surface area (Å²) in [6, 6.07) is 3.93. The highest BCUT2D eigenvalue weighted by molar-refractivity contribution is 9.10. The maximum Gasteiger partial charge on any atom is 0.0916 e. The highest BCUT2D eigenvalue weighted by atomic mass is 79.9. The number of fused-ring (bicyclic) bond motifs is 1. The molecule has 0 amide bonds.